The number of nitrogens with one attached hydrogen (secondary N) is 1. The molecule has 116 valence electrons. The van der Waals surface area contributed by atoms with Crippen molar-refractivity contribution in [3.63, 3.8) is 0 Å². The van der Waals surface area contributed by atoms with Gasteiger partial charge in [0.15, 0.2) is 0 Å². The molecule has 0 aliphatic rings. The summed E-state index contributed by atoms with van der Waals surface area (Å²) in [5.41, 5.74) is 1.09. The first kappa shape index (κ1) is 15.9. The van der Waals surface area contributed by atoms with E-state index in [2.05, 4.69) is 5.32 Å². The molecule has 1 N–H and O–H groups in total. The second kappa shape index (κ2) is 8.72. The molecule has 4 nitrogen and oxygen atoms in total. The third kappa shape index (κ3) is 5.48. The van der Waals surface area contributed by atoms with Crippen molar-refractivity contribution in [3.8, 4) is 11.5 Å². The fourth-order valence-corrected chi connectivity index (χ4v) is 2.05. The van der Waals surface area contributed by atoms with Crippen molar-refractivity contribution in [2.75, 3.05) is 20.3 Å². The molecule has 22 heavy (non-hydrogen) atoms. The van der Waals surface area contributed by atoms with E-state index in [1.807, 2.05) is 54.6 Å². The zero-order chi connectivity index (χ0) is 15.6. The van der Waals surface area contributed by atoms with Crippen LogP contribution in [0.25, 0.3) is 0 Å². The molecule has 0 unspecified atom stereocenters. The number of para-hydroxylation sites is 1. The molecule has 0 aliphatic carbocycles. The van der Waals surface area contributed by atoms with Crippen LogP contribution in [0.15, 0.2) is 54.6 Å². The highest BCUT2D eigenvalue weighted by molar-refractivity contribution is 5.76. The van der Waals surface area contributed by atoms with Gasteiger partial charge in [-0.25, -0.2) is 0 Å². The number of ether oxygens (including phenoxy) is 2. The maximum Gasteiger partial charge on any atom is 0.220 e. The summed E-state index contributed by atoms with van der Waals surface area (Å²) >= 11 is 0. The van der Waals surface area contributed by atoms with Crippen LogP contribution in [0.2, 0.25) is 0 Å². The lowest BCUT2D eigenvalue weighted by molar-refractivity contribution is -0.121. The fourth-order valence-electron chi connectivity index (χ4n) is 2.05. The van der Waals surface area contributed by atoms with Gasteiger partial charge in [0.25, 0.3) is 0 Å². The van der Waals surface area contributed by atoms with Gasteiger partial charge >= 0.3 is 0 Å². The van der Waals surface area contributed by atoms with E-state index in [1.165, 1.54) is 0 Å². The van der Waals surface area contributed by atoms with Crippen LogP contribution in [0.5, 0.6) is 11.5 Å². The van der Waals surface area contributed by atoms with Crippen LogP contribution in [-0.4, -0.2) is 26.2 Å². The highest BCUT2D eigenvalue weighted by Gasteiger charge is 2.03. The van der Waals surface area contributed by atoms with Crippen molar-refractivity contribution in [1.29, 1.82) is 0 Å². The number of benzene rings is 2. The Morgan fingerprint density at radius 2 is 1.82 bits per heavy atom. The molecule has 2 aromatic rings. The van der Waals surface area contributed by atoms with Crippen molar-refractivity contribution in [2.45, 2.75) is 12.8 Å². The van der Waals surface area contributed by atoms with E-state index in [4.69, 9.17) is 9.47 Å². The van der Waals surface area contributed by atoms with Gasteiger partial charge in [0.05, 0.1) is 13.7 Å². The van der Waals surface area contributed by atoms with Crippen molar-refractivity contribution in [3.05, 3.63) is 60.2 Å². The van der Waals surface area contributed by atoms with Crippen molar-refractivity contribution < 1.29 is 14.3 Å². The Bertz CT molecular complexity index is 584. The average molecular weight is 299 g/mol. The number of amides is 1. The van der Waals surface area contributed by atoms with Crippen molar-refractivity contribution in [2.24, 2.45) is 0 Å². The van der Waals surface area contributed by atoms with Gasteiger partial charge in [-0.2, -0.15) is 0 Å². The fraction of sp³-hybridized carbons (Fsp3) is 0.278. The lowest BCUT2D eigenvalue weighted by Crippen LogP contribution is -2.28. The van der Waals surface area contributed by atoms with Gasteiger partial charge in [0, 0.05) is 6.42 Å². The third-order valence-electron chi connectivity index (χ3n) is 3.21. The van der Waals surface area contributed by atoms with Gasteiger partial charge in [-0.15, -0.1) is 0 Å². The molecule has 0 atom stereocenters. The van der Waals surface area contributed by atoms with Crippen molar-refractivity contribution in [1.82, 2.24) is 5.32 Å². The number of carbonyl (C=O) groups excluding carboxylic acids is 1. The molecule has 2 aromatic carbocycles. The molecule has 0 radical (unpaired) electrons. The van der Waals surface area contributed by atoms with Crippen LogP contribution in [0.4, 0.5) is 0 Å². The number of methoxy groups -OCH3 is 1. The Morgan fingerprint density at radius 1 is 1.05 bits per heavy atom. The summed E-state index contributed by atoms with van der Waals surface area (Å²) in [5, 5.41) is 2.86. The van der Waals surface area contributed by atoms with Gasteiger partial charge in [0.1, 0.15) is 18.1 Å². The Hall–Kier alpha value is -2.49. The summed E-state index contributed by atoms with van der Waals surface area (Å²) in [6.07, 6.45) is 1.15. The first-order chi connectivity index (χ1) is 10.8. The lowest BCUT2D eigenvalue weighted by Gasteiger charge is -2.08. The maximum absolute atomic E-state index is 11.8. The van der Waals surface area contributed by atoms with Crippen LogP contribution >= 0.6 is 0 Å². The molecule has 0 spiro atoms. The van der Waals surface area contributed by atoms with Crippen LogP contribution < -0.4 is 14.8 Å². The lowest BCUT2D eigenvalue weighted by atomic mass is 10.1. The molecule has 0 fully saturated rings. The molecule has 0 aromatic heterocycles. The smallest absolute Gasteiger partial charge is 0.220 e. The van der Waals surface area contributed by atoms with E-state index >= 15 is 0 Å². The van der Waals surface area contributed by atoms with Gasteiger partial charge < -0.3 is 14.8 Å². The predicted molar refractivity (Wildman–Crippen MR) is 86.3 cm³/mol. The molecule has 0 heterocycles. The minimum absolute atomic E-state index is 0.0273. The molecule has 0 saturated carbocycles. The third-order valence-corrected chi connectivity index (χ3v) is 3.21. The number of carbonyl (C=O) groups is 1. The second-order valence-corrected chi connectivity index (χ2v) is 4.86. The van der Waals surface area contributed by atoms with Crippen LogP contribution in [0.3, 0.4) is 0 Å². The zero-order valence-electron chi connectivity index (χ0n) is 12.7. The summed E-state index contributed by atoms with van der Waals surface area (Å²) in [5.74, 6) is 1.65. The normalized spacial score (nSPS) is 10.0. The van der Waals surface area contributed by atoms with E-state index in [0.717, 1.165) is 17.1 Å². The monoisotopic (exact) mass is 299 g/mol. The standard InChI is InChI=1S/C18H21NO3/c1-21-17-9-5-6-15(14-17)10-11-18(20)19-12-13-22-16-7-3-2-4-8-16/h2-9,14H,10-13H2,1H3,(H,19,20). The molecule has 2 rings (SSSR count). The van der Waals surface area contributed by atoms with E-state index in [1.54, 1.807) is 7.11 Å². The summed E-state index contributed by atoms with van der Waals surface area (Å²) < 4.78 is 10.7. The van der Waals surface area contributed by atoms with Crippen LogP contribution in [-0.2, 0) is 11.2 Å². The maximum atomic E-state index is 11.8. The Labute approximate surface area is 131 Å². The molecular formula is C18H21NO3. The molecule has 0 aliphatic heterocycles. The van der Waals surface area contributed by atoms with Crippen molar-refractivity contribution >= 4 is 5.91 Å². The molecule has 1 amide bonds. The van der Waals surface area contributed by atoms with Gasteiger partial charge in [0.2, 0.25) is 5.91 Å². The first-order valence-electron chi connectivity index (χ1n) is 7.35. The topological polar surface area (TPSA) is 47.6 Å². The number of rotatable bonds is 8. The molecular weight excluding hydrogens is 278 g/mol. The quantitative estimate of drug-likeness (QED) is 0.763. The summed E-state index contributed by atoms with van der Waals surface area (Å²) in [6.45, 7) is 0.973. The van der Waals surface area contributed by atoms with Gasteiger partial charge in [-0.1, -0.05) is 30.3 Å². The minimum Gasteiger partial charge on any atom is -0.497 e. The highest BCUT2D eigenvalue weighted by Crippen LogP contribution is 2.13. The highest BCUT2D eigenvalue weighted by atomic mass is 16.5. The second-order valence-electron chi connectivity index (χ2n) is 4.86. The Kier molecular flexibility index (Phi) is 6.30. The van der Waals surface area contributed by atoms with E-state index in [-0.39, 0.29) is 5.91 Å². The summed E-state index contributed by atoms with van der Waals surface area (Å²) in [6, 6.07) is 17.3. The largest absolute Gasteiger partial charge is 0.497 e. The molecule has 4 heteroatoms. The van der Waals surface area contributed by atoms with Crippen LogP contribution in [0.1, 0.15) is 12.0 Å². The predicted octanol–water partition coefficient (Wildman–Crippen LogP) is 2.82. The number of aryl methyl sites for hydroxylation is 1. The average Bonchev–Trinajstić information content (AvgIpc) is 2.58. The Balaban J connectivity index is 1.63. The van der Waals surface area contributed by atoms with E-state index in [9.17, 15) is 4.79 Å². The zero-order valence-corrected chi connectivity index (χ0v) is 12.7. The van der Waals surface area contributed by atoms with E-state index < -0.39 is 0 Å². The number of hydrogen-bond donors (Lipinski definition) is 1. The van der Waals surface area contributed by atoms with E-state index in [0.29, 0.717) is 26.0 Å². The Morgan fingerprint density at radius 3 is 2.59 bits per heavy atom. The first-order valence-corrected chi connectivity index (χ1v) is 7.35. The number of hydrogen-bond acceptors (Lipinski definition) is 3. The molecule has 0 bridgehead atoms. The molecule has 0 saturated heterocycles. The van der Waals surface area contributed by atoms with Gasteiger partial charge in [-0.3, -0.25) is 4.79 Å². The van der Waals surface area contributed by atoms with Gasteiger partial charge in [-0.05, 0) is 36.2 Å². The minimum atomic E-state index is 0.0273. The SMILES string of the molecule is COc1cccc(CCC(=O)NCCOc2ccccc2)c1. The van der Waals surface area contributed by atoms with Crippen LogP contribution in [0, 0.1) is 0 Å². The summed E-state index contributed by atoms with van der Waals surface area (Å²) in [7, 11) is 1.64. The summed E-state index contributed by atoms with van der Waals surface area (Å²) in [4.78, 5) is 11.8.